The molecule has 4 nitrogen and oxygen atoms in total. The smallest absolute Gasteiger partial charge is 0.279 e. The predicted molar refractivity (Wildman–Crippen MR) is 98.5 cm³/mol. The Hall–Kier alpha value is -3.18. The number of anilines is 1. The number of hydrogen-bond donors (Lipinski definition) is 2. The highest BCUT2D eigenvalue weighted by Gasteiger charge is 2.06. The first-order valence-corrected chi connectivity index (χ1v) is 8.38. The molecule has 0 aromatic heterocycles. The Labute approximate surface area is 151 Å². The third kappa shape index (κ3) is 5.43. The van der Waals surface area contributed by atoms with Crippen molar-refractivity contribution in [2.24, 2.45) is 0 Å². The number of para-hydroxylation sites is 1. The molecule has 1 amide bonds. The number of benzene rings is 3. The van der Waals surface area contributed by atoms with Crippen molar-refractivity contribution in [2.75, 3.05) is 11.9 Å². The number of amides is 1. The quantitative estimate of drug-likeness (QED) is 0.686. The average Bonchev–Trinajstić information content (AvgIpc) is 2.66. The van der Waals surface area contributed by atoms with Gasteiger partial charge in [-0.25, -0.2) is 4.39 Å². The van der Waals surface area contributed by atoms with Gasteiger partial charge in [0.05, 0.1) is 0 Å². The van der Waals surface area contributed by atoms with Crippen LogP contribution in [0.1, 0.15) is 5.56 Å². The van der Waals surface area contributed by atoms with Crippen LogP contribution in [0.3, 0.4) is 0 Å². The van der Waals surface area contributed by atoms with Gasteiger partial charge in [-0.05, 0) is 48.5 Å². The number of quaternary nitrogens is 1. The molecular weight excluding hydrogens is 331 g/mol. The van der Waals surface area contributed by atoms with Gasteiger partial charge in [0.15, 0.2) is 6.54 Å². The van der Waals surface area contributed by atoms with Crippen molar-refractivity contribution in [1.29, 1.82) is 0 Å². The standard InChI is InChI=1S/C21H19FN2O2/c22-17-8-6-16(7-9-17)14-23-15-21(25)24-18-10-12-20(13-11-18)26-19-4-2-1-3-5-19/h1-13,23H,14-15H2,(H,24,25)/p+1. The van der Waals surface area contributed by atoms with Crippen molar-refractivity contribution in [3.8, 4) is 11.5 Å². The summed E-state index contributed by atoms with van der Waals surface area (Å²) in [6.07, 6.45) is 0. The molecule has 3 aromatic rings. The zero-order chi connectivity index (χ0) is 18.2. The monoisotopic (exact) mass is 351 g/mol. The van der Waals surface area contributed by atoms with E-state index in [9.17, 15) is 9.18 Å². The van der Waals surface area contributed by atoms with Crippen molar-refractivity contribution in [3.63, 3.8) is 0 Å². The Morgan fingerprint density at radius 3 is 2.23 bits per heavy atom. The number of nitrogens with one attached hydrogen (secondary N) is 1. The summed E-state index contributed by atoms with van der Waals surface area (Å²) in [5, 5.41) is 4.71. The van der Waals surface area contributed by atoms with Crippen molar-refractivity contribution in [1.82, 2.24) is 0 Å². The van der Waals surface area contributed by atoms with E-state index in [0.717, 1.165) is 11.3 Å². The molecule has 0 saturated carbocycles. The van der Waals surface area contributed by atoms with Gasteiger partial charge >= 0.3 is 0 Å². The van der Waals surface area contributed by atoms with Crippen molar-refractivity contribution in [3.05, 3.63) is 90.2 Å². The molecule has 0 fully saturated rings. The third-order valence-corrected chi connectivity index (χ3v) is 3.74. The van der Waals surface area contributed by atoms with Crippen molar-refractivity contribution >= 4 is 11.6 Å². The summed E-state index contributed by atoms with van der Waals surface area (Å²) >= 11 is 0. The molecule has 132 valence electrons. The van der Waals surface area contributed by atoms with Crippen LogP contribution in [-0.2, 0) is 11.3 Å². The molecule has 26 heavy (non-hydrogen) atoms. The lowest BCUT2D eigenvalue weighted by molar-refractivity contribution is -0.659. The first-order valence-electron chi connectivity index (χ1n) is 8.38. The maximum Gasteiger partial charge on any atom is 0.279 e. The number of rotatable bonds is 7. The van der Waals surface area contributed by atoms with Crippen LogP contribution in [-0.4, -0.2) is 12.5 Å². The lowest BCUT2D eigenvalue weighted by Gasteiger charge is -2.08. The molecule has 0 heterocycles. The van der Waals surface area contributed by atoms with Gasteiger partial charge in [-0.3, -0.25) is 4.79 Å². The predicted octanol–water partition coefficient (Wildman–Crippen LogP) is 3.32. The molecule has 0 radical (unpaired) electrons. The molecule has 0 aliphatic carbocycles. The topological polar surface area (TPSA) is 54.9 Å². The highest BCUT2D eigenvalue weighted by molar-refractivity contribution is 5.91. The van der Waals surface area contributed by atoms with Crippen LogP contribution in [0.5, 0.6) is 11.5 Å². The summed E-state index contributed by atoms with van der Waals surface area (Å²) in [6, 6.07) is 23.0. The van der Waals surface area contributed by atoms with E-state index in [0.29, 0.717) is 24.5 Å². The highest BCUT2D eigenvalue weighted by Crippen LogP contribution is 2.22. The molecule has 0 atom stereocenters. The van der Waals surface area contributed by atoms with Gasteiger partial charge in [-0.2, -0.15) is 0 Å². The normalized spacial score (nSPS) is 10.3. The van der Waals surface area contributed by atoms with Gasteiger partial charge in [-0.1, -0.05) is 30.3 Å². The van der Waals surface area contributed by atoms with Gasteiger partial charge in [0.25, 0.3) is 5.91 Å². The van der Waals surface area contributed by atoms with Crippen LogP contribution in [0, 0.1) is 5.82 Å². The van der Waals surface area contributed by atoms with Crippen LogP contribution in [0.2, 0.25) is 0 Å². The summed E-state index contributed by atoms with van der Waals surface area (Å²) in [5.41, 5.74) is 1.69. The zero-order valence-corrected chi connectivity index (χ0v) is 14.2. The van der Waals surface area contributed by atoms with Crippen LogP contribution in [0.4, 0.5) is 10.1 Å². The molecule has 5 heteroatoms. The molecule has 0 spiro atoms. The lowest BCUT2D eigenvalue weighted by Crippen LogP contribution is -2.84. The molecule has 0 bridgehead atoms. The molecular formula is C21H20FN2O2+. The van der Waals surface area contributed by atoms with Gasteiger partial charge in [0.1, 0.15) is 23.9 Å². The maximum atomic E-state index is 12.8. The number of carbonyl (C=O) groups excluding carboxylic acids is 1. The summed E-state index contributed by atoms with van der Waals surface area (Å²) in [7, 11) is 0. The van der Waals surface area contributed by atoms with Crippen molar-refractivity contribution < 1.29 is 19.2 Å². The van der Waals surface area contributed by atoms with E-state index < -0.39 is 0 Å². The summed E-state index contributed by atoms with van der Waals surface area (Å²) in [5.74, 6) is 1.12. The number of hydrogen-bond acceptors (Lipinski definition) is 2. The second kappa shape index (κ2) is 8.78. The lowest BCUT2D eigenvalue weighted by atomic mass is 10.2. The molecule has 3 aromatic carbocycles. The molecule has 3 rings (SSSR count). The van der Waals surface area contributed by atoms with E-state index in [2.05, 4.69) is 5.32 Å². The van der Waals surface area contributed by atoms with Gasteiger partial charge in [0, 0.05) is 11.3 Å². The Morgan fingerprint density at radius 2 is 1.54 bits per heavy atom. The van der Waals surface area contributed by atoms with E-state index in [1.165, 1.54) is 12.1 Å². The second-order valence-corrected chi connectivity index (χ2v) is 5.81. The number of halogens is 1. The fourth-order valence-electron chi connectivity index (χ4n) is 2.43. The van der Waals surface area contributed by atoms with E-state index in [1.807, 2.05) is 47.8 Å². The van der Waals surface area contributed by atoms with Gasteiger partial charge in [0.2, 0.25) is 0 Å². The average molecular weight is 351 g/mol. The first-order chi connectivity index (χ1) is 12.7. The molecule has 0 unspecified atom stereocenters. The summed E-state index contributed by atoms with van der Waals surface area (Å²) in [4.78, 5) is 12.0. The minimum Gasteiger partial charge on any atom is -0.457 e. The van der Waals surface area contributed by atoms with Crippen LogP contribution in [0.25, 0.3) is 0 Å². The highest BCUT2D eigenvalue weighted by atomic mass is 19.1. The second-order valence-electron chi connectivity index (χ2n) is 5.81. The Morgan fingerprint density at radius 1 is 0.885 bits per heavy atom. The van der Waals surface area contributed by atoms with E-state index in [4.69, 9.17) is 4.74 Å². The van der Waals surface area contributed by atoms with E-state index >= 15 is 0 Å². The Balaban J connectivity index is 1.44. The molecule has 0 aliphatic heterocycles. The Bertz CT molecular complexity index is 834. The summed E-state index contributed by atoms with van der Waals surface area (Å²) < 4.78 is 18.6. The third-order valence-electron chi connectivity index (χ3n) is 3.74. The molecule has 0 saturated heterocycles. The molecule has 3 N–H and O–H groups in total. The van der Waals surface area contributed by atoms with Crippen LogP contribution >= 0.6 is 0 Å². The summed E-state index contributed by atoms with van der Waals surface area (Å²) in [6.45, 7) is 0.914. The van der Waals surface area contributed by atoms with Crippen LogP contribution < -0.4 is 15.4 Å². The van der Waals surface area contributed by atoms with Crippen molar-refractivity contribution in [2.45, 2.75) is 6.54 Å². The number of nitrogens with two attached hydrogens (primary N) is 1. The Kier molecular flexibility index (Phi) is 5.96. The zero-order valence-electron chi connectivity index (χ0n) is 14.2. The van der Waals surface area contributed by atoms with E-state index in [-0.39, 0.29) is 11.7 Å². The fraction of sp³-hybridized carbons (Fsp3) is 0.0952. The largest absolute Gasteiger partial charge is 0.457 e. The fourth-order valence-corrected chi connectivity index (χ4v) is 2.43. The minimum absolute atomic E-state index is 0.0937. The SMILES string of the molecule is O=C(C[NH2+]Cc1ccc(F)cc1)Nc1ccc(Oc2ccccc2)cc1. The van der Waals surface area contributed by atoms with E-state index in [1.54, 1.807) is 24.3 Å². The van der Waals surface area contributed by atoms with Gasteiger partial charge in [-0.15, -0.1) is 0 Å². The molecule has 0 aliphatic rings. The maximum absolute atomic E-state index is 12.8. The van der Waals surface area contributed by atoms with Gasteiger partial charge < -0.3 is 15.4 Å². The van der Waals surface area contributed by atoms with Crippen LogP contribution in [0.15, 0.2) is 78.9 Å². The minimum atomic E-state index is -0.258. The number of carbonyl (C=O) groups is 1. The first kappa shape index (κ1) is 17.6. The number of ether oxygens (including phenoxy) is 1.